The van der Waals surface area contributed by atoms with Crippen LogP contribution in [0.3, 0.4) is 0 Å². The number of nitrogens with zero attached hydrogens (tertiary/aromatic N) is 2. The molecule has 98 valence electrons. The van der Waals surface area contributed by atoms with Crippen LogP contribution in [-0.4, -0.2) is 54.6 Å². The first-order valence-corrected chi connectivity index (χ1v) is 6.27. The molecule has 0 spiro atoms. The van der Waals surface area contributed by atoms with Gasteiger partial charge in [-0.15, -0.1) is 0 Å². The largest absolute Gasteiger partial charge is 0.450 e. The van der Waals surface area contributed by atoms with Gasteiger partial charge in [0.1, 0.15) is 0 Å². The van der Waals surface area contributed by atoms with Gasteiger partial charge in [0.25, 0.3) is 0 Å². The van der Waals surface area contributed by atoms with Gasteiger partial charge < -0.3 is 14.5 Å². The van der Waals surface area contributed by atoms with Crippen LogP contribution >= 0.6 is 0 Å². The fourth-order valence-electron chi connectivity index (χ4n) is 2.10. The zero-order valence-corrected chi connectivity index (χ0v) is 10.9. The molecule has 1 heterocycles. The minimum atomic E-state index is -0.240. The number of piperidine rings is 1. The van der Waals surface area contributed by atoms with Crippen LogP contribution in [0, 0.1) is 0 Å². The Morgan fingerprint density at radius 3 is 2.35 bits per heavy atom. The predicted octanol–water partition coefficient (Wildman–Crippen LogP) is 1.48. The van der Waals surface area contributed by atoms with E-state index in [-0.39, 0.29) is 18.0 Å². The van der Waals surface area contributed by atoms with Crippen LogP contribution in [0.2, 0.25) is 0 Å². The van der Waals surface area contributed by atoms with E-state index in [4.69, 9.17) is 4.74 Å². The van der Waals surface area contributed by atoms with E-state index in [0.29, 0.717) is 26.1 Å². The second kappa shape index (κ2) is 6.47. The number of hydrogen-bond acceptors (Lipinski definition) is 3. The number of hydrogen-bond donors (Lipinski definition) is 0. The molecule has 5 heteroatoms. The van der Waals surface area contributed by atoms with E-state index < -0.39 is 0 Å². The van der Waals surface area contributed by atoms with E-state index in [2.05, 4.69) is 0 Å². The highest BCUT2D eigenvalue weighted by atomic mass is 16.6. The minimum absolute atomic E-state index is 0.166. The minimum Gasteiger partial charge on any atom is -0.450 e. The molecule has 0 aromatic rings. The first-order valence-electron chi connectivity index (χ1n) is 6.27. The quantitative estimate of drug-likeness (QED) is 0.753. The molecule has 2 amide bonds. The molecule has 1 fully saturated rings. The van der Waals surface area contributed by atoms with Crippen molar-refractivity contribution >= 4 is 12.0 Å². The van der Waals surface area contributed by atoms with Crippen LogP contribution in [0.4, 0.5) is 4.79 Å². The zero-order valence-electron chi connectivity index (χ0n) is 10.9. The van der Waals surface area contributed by atoms with E-state index >= 15 is 0 Å². The number of rotatable bonds is 3. The Bertz CT molecular complexity index is 273. The summed E-state index contributed by atoms with van der Waals surface area (Å²) in [5.41, 5.74) is 0. The highest BCUT2D eigenvalue weighted by Crippen LogP contribution is 2.16. The van der Waals surface area contributed by atoms with Crippen LogP contribution < -0.4 is 0 Å². The molecule has 17 heavy (non-hydrogen) atoms. The standard InChI is InChI=1S/C12H22N2O3/c1-4-11(15)13(3)10-6-8-14(9-7-10)12(16)17-5-2/h10H,4-9H2,1-3H3. The third-order valence-corrected chi connectivity index (χ3v) is 3.23. The van der Waals surface area contributed by atoms with Crippen molar-refractivity contribution in [2.75, 3.05) is 26.7 Å². The third kappa shape index (κ3) is 3.61. The van der Waals surface area contributed by atoms with Crippen LogP contribution in [0.1, 0.15) is 33.1 Å². The lowest BCUT2D eigenvalue weighted by Crippen LogP contribution is -2.47. The van der Waals surface area contributed by atoms with Crippen molar-refractivity contribution in [3.05, 3.63) is 0 Å². The summed E-state index contributed by atoms with van der Waals surface area (Å²) in [4.78, 5) is 26.6. The third-order valence-electron chi connectivity index (χ3n) is 3.23. The van der Waals surface area contributed by atoms with Gasteiger partial charge in [-0.1, -0.05) is 6.92 Å². The summed E-state index contributed by atoms with van der Waals surface area (Å²) in [6.45, 7) is 5.42. The van der Waals surface area contributed by atoms with Crippen LogP contribution in [0.5, 0.6) is 0 Å². The van der Waals surface area contributed by atoms with Crippen LogP contribution in [-0.2, 0) is 9.53 Å². The average molecular weight is 242 g/mol. The van der Waals surface area contributed by atoms with Gasteiger partial charge in [-0.3, -0.25) is 4.79 Å². The lowest BCUT2D eigenvalue weighted by Gasteiger charge is -2.36. The Kier molecular flexibility index (Phi) is 5.25. The molecule has 0 aromatic carbocycles. The first kappa shape index (κ1) is 13.8. The summed E-state index contributed by atoms with van der Waals surface area (Å²) in [5, 5.41) is 0. The van der Waals surface area contributed by atoms with E-state index in [0.717, 1.165) is 12.8 Å². The Morgan fingerprint density at radius 2 is 1.88 bits per heavy atom. The maximum atomic E-state index is 11.5. The van der Waals surface area contributed by atoms with Crippen molar-refractivity contribution in [1.29, 1.82) is 0 Å². The summed E-state index contributed by atoms with van der Waals surface area (Å²) >= 11 is 0. The summed E-state index contributed by atoms with van der Waals surface area (Å²) in [6, 6.07) is 0.258. The van der Waals surface area contributed by atoms with E-state index in [1.807, 2.05) is 18.9 Å². The summed E-state index contributed by atoms with van der Waals surface area (Å²) in [5.74, 6) is 0.166. The van der Waals surface area contributed by atoms with Gasteiger partial charge in [0.05, 0.1) is 6.61 Å². The molecule has 0 atom stereocenters. The maximum absolute atomic E-state index is 11.5. The molecule has 0 bridgehead atoms. The molecule has 5 nitrogen and oxygen atoms in total. The Labute approximate surface area is 103 Å². The normalized spacial score (nSPS) is 16.8. The van der Waals surface area contributed by atoms with Gasteiger partial charge in [-0.2, -0.15) is 0 Å². The lowest BCUT2D eigenvalue weighted by atomic mass is 10.0. The Balaban J connectivity index is 2.40. The molecular weight excluding hydrogens is 220 g/mol. The van der Waals surface area contributed by atoms with Crippen molar-refractivity contribution in [2.45, 2.75) is 39.2 Å². The highest BCUT2D eigenvalue weighted by molar-refractivity contribution is 5.75. The summed E-state index contributed by atoms with van der Waals surface area (Å²) in [7, 11) is 1.84. The SMILES string of the molecule is CCOC(=O)N1CCC(N(C)C(=O)CC)CC1. The van der Waals surface area contributed by atoms with Crippen LogP contribution in [0.25, 0.3) is 0 Å². The first-order chi connectivity index (χ1) is 8.10. The second-order valence-electron chi connectivity index (χ2n) is 4.28. The average Bonchev–Trinajstić information content (AvgIpc) is 2.37. The van der Waals surface area contributed by atoms with Crippen LogP contribution in [0.15, 0.2) is 0 Å². The lowest BCUT2D eigenvalue weighted by molar-refractivity contribution is -0.132. The summed E-state index contributed by atoms with van der Waals surface area (Å²) in [6.07, 6.45) is 1.96. The van der Waals surface area contributed by atoms with Crippen molar-refractivity contribution < 1.29 is 14.3 Å². The van der Waals surface area contributed by atoms with Gasteiger partial charge in [0, 0.05) is 32.6 Å². The fraction of sp³-hybridized carbons (Fsp3) is 0.833. The zero-order chi connectivity index (χ0) is 12.8. The monoisotopic (exact) mass is 242 g/mol. The summed E-state index contributed by atoms with van der Waals surface area (Å²) < 4.78 is 4.95. The second-order valence-corrected chi connectivity index (χ2v) is 4.28. The van der Waals surface area contributed by atoms with Gasteiger partial charge in [-0.05, 0) is 19.8 Å². The molecule has 0 unspecified atom stereocenters. The van der Waals surface area contributed by atoms with Crippen molar-refractivity contribution in [2.24, 2.45) is 0 Å². The van der Waals surface area contributed by atoms with Gasteiger partial charge in [-0.25, -0.2) is 4.79 Å². The Morgan fingerprint density at radius 1 is 1.29 bits per heavy atom. The van der Waals surface area contributed by atoms with Gasteiger partial charge >= 0.3 is 6.09 Å². The molecule has 0 saturated carbocycles. The number of carbonyl (C=O) groups excluding carboxylic acids is 2. The Hall–Kier alpha value is -1.26. The van der Waals surface area contributed by atoms with Gasteiger partial charge in [0.15, 0.2) is 0 Å². The predicted molar refractivity (Wildman–Crippen MR) is 64.7 cm³/mol. The molecule has 0 radical (unpaired) electrons. The molecule has 1 saturated heterocycles. The molecule has 1 aliphatic rings. The number of likely N-dealkylation sites (tertiary alicyclic amines) is 1. The van der Waals surface area contributed by atoms with Crippen molar-refractivity contribution in [3.8, 4) is 0 Å². The van der Waals surface area contributed by atoms with E-state index in [9.17, 15) is 9.59 Å². The van der Waals surface area contributed by atoms with Gasteiger partial charge in [0.2, 0.25) is 5.91 Å². The fourth-order valence-corrected chi connectivity index (χ4v) is 2.10. The molecule has 1 aliphatic heterocycles. The number of amides is 2. The number of ether oxygens (including phenoxy) is 1. The molecule has 0 N–H and O–H groups in total. The molecular formula is C12H22N2O3. The topological polar surface area (TPSA) is 49.9 Å². The number of carbonyl (C=O) groups is 2. The van der Waals surface area contributed by atoms with Crippen molar-refractivity contribution in [3.63, 3.8) is 0 Å². The van der Waals surface area contributed by atoms with E-state index in [1.165, 1.54) is 0 Å². The van der Waals surface area contributed by atoms with Crippen molar-refractivity contribution in [1.82, 2.24) is 9.80 Å². The molecule has 0 aromatic heterocycles. The maximum Gasteiger partial charge on any atom is 0.409 e. The smallest absolute Gasteiger partial charge is 0.409 e. The van der Waals surface area contributed by atoms with E-state index in [1.54, 1.807) is 11.8 Å². The molecule has 0 aliphatic carbocycles. The molecule has 1 rings (SSSR count). The highest BCUT2D eigenvalue weighted by Gasteiger charge is 2.27.